The summed E-state index contributed by atoms with van der Waals surface area (Å²) in [4.78, 5) is 33.6. The molecule has 8 nitrogen and oxygen atoms in total. The second-order valence-corrected chi connectivity index (χ2v) is 6.45. The van der Waals surface area contributed by atoms with E-state index in [1.807, 2.05) is 0 Å². The molecule has 2 N–H and O–H groups in total. The van der Waals surface area contributed by atoms with Gasteiger partial charge in [0.25, 0.3) is 5.56 Å². The van der Waals surface area contributed by atoms with Gasteiger partial charge in [0.2, 0.25) is 0 Å². The summed E-state index contributed by atoms with van der Waals surface area (Å²) in [6, 6.07) is 0.484. The van der Waals surface area contributed by atoms with Gasteiger partial charge in [-0.3, -0.25) is 19.2 Å². The first kappa shape index (κ1) is 16.9. The first-order chi connectivity index (χ1) is 11.6. The van der Waals surface area contributed by atoms with Crippen LogP contribution < -0.4 is 11.2 Å². The lowest BCUT2D eigenvalue weighted by atomic mass is 10.3. The summed E-state index contributed by atoms with van der Waals surface area (Å²) in [5, 5.41) is 9.25. The van der Waals surface area contributed by atoms with Crippen molar-refractivity contribution < 1.29 is 5.11 Å². The van der Waals surface area contributed by atoms with E-state index < -0.39 is 11.2 Å². The van der Waals surface area contributed by atoms with E-state index >= 15 is 0 Å². The fourth-order valence-corrected chi connectivity index (χ4v) is 3.10. The van der Waals surface area contributed by atoms with Gasteiger partial charge in [0.15, 0.2) is 11.2 Å². The van der Waals surface area contributed by atoms with Gasteiger partial charge in [-0.2, -0.15) is 0 Å². The lowest BCUT2D eigenvalue weighted by Crippen LogP contribution is -2.31. The van der Waals surface area contributed by atoms with Crippen molar-refractivity contribution in [2.75, 3.05) is 13.2 Å². The molecule has 0 bridgehead atoms. The highest BCUT2D eigenvalue weighted by Crippen LogP contribution is 2.28. The zero-order valence-corrected chi connectivity index (χ0v) is 14.3. The Kier molecular flexibility index (Phi) is 4.86. The summed E-state index contributed by atoms with van der Waals surface area (Å²) in [6.07, 6.45) is 4.07. The third kappa shape index (κ3) is 3.16. The number of fused-ring (bicyclic) bond motifs is 1. The molecule has 0 atom stereocenters. The third-order valence-corrected chi connectivity index (χ3v) is 4.64. The molecule has 1 fully saturated rings. The molecule has 2 aromatic heterocycles. The predicted molar refractivity (Wildman–Crippen MR) is 91.0 cm³/mol. The number of aliphatic hydroxyl groups is 1. The van der Waals surface area contributed by atoms with E-state index in [4.69, 9.17) is 0 Å². The minimum Gasteiger partial charge on any atom is -0.395 e. The highest BCUT2D eigenvalue weighted by atomic mass is 16.3. The zero-order chi connectivity index (χ0) is 17.3. The van der Waals surface area contributed by atoms with Gasteiger partial charge >= 0.3 is 5.69 Å². The largest absolute Gasteiger partial charge is 0.395 e. The van der Waals surface area contributed by atoms with Gasteiger partial charge in [0, 0.05) is 26.2 Å². The average Bonchev–Trinajstić information content (AvgIpc) is 3.32. The van der Waals surface area contributed by atoms with Crippen molar-refractivity contribution in [3.8, 4) is 0 Å². The molecule has 0 aliphatic heterocycles. The number of aliphatic hydroxyl groups excluding tert-OH is 1. The van der Waals surface area contributed by atoms with Crippen LogP contribution in [0.2, 0.25) is 0 Å². The maximum Gasteiger partial charge on any atom is 0.330 e. The molecule has 0 radical (unpaired) electrons. The monoisotopic (exact) mass is 335 g/mol. The quantitative estimate of drug-likeness (QED) is 0.717. The number of aryl methyl sites for hydroxylation is 2. The molecule has 2 aromatic rings. The van der Waals surface area contributed by atoms with E-state index in [2.05, 4.69) is 21.8 Å². The van der Waals surface area contributed by atoms with Crippen LogP contribution in [-0.2, 0) is 20.1 Å². The normalized spacial score (nSPS) is 14.8. The molecule has 1 aliphatic rings. The van der Waals surface area contributed by atoms with Crippen LogP contribution in [0.5, 0.6) is 0 Å². The van der Waals surface area contributed by atoms with E-state index in [-0.39, 0.29) is 6.61 Å². The van der Waals surface area contributed by atoms with Crippen molar-refractivity contribution in [1.29, 1.82) is 0 Å². The number of imidazole rings is 1. The van der Waals surface area contributed by atoms with Crippen molar-refractivity contribution in [2.45, 2.75) is 51.7 Å². The molecule has 2 heterocycles. The molecule has 0 aromatic carbocycles. The summed E-state index contributed by atoms with van der Waals surface area (Å²) in [6.45, 7) is 3.86. The molecule has 0 amide bonds. The van der Waals surface area contributed by atoms with E-state index in [1.54, 1.807) is 16.2 Å². The number of H-pyrrole nitrogens is 1. The number of aromatic nitrogens is 4. The van der Waals surface area contributed by atoms with Crippen LogP contribution in [-0.4, -0.2) is 48.3 Å². The molecule has 0 unspecified atom stereocenters. The fraction of sp³-hybridized carbons (Fsp3) is 0.688. The number of rotatable bonds is 8. The molecule has 0 saturated heterocycles. The number of unbranched alkanes of at least 4 members (excludes halogenated alkanes) is 1. The second-order valence-electron chi connectivity index (χ2n) is 6.45. The summed E-state index contributed by atoms with van der Waals surface area (Å²) in [5.41, 5.74) is 0.0824. The molecule has 3 rings (SSSR count). The minimum atomic E-state index is -0.403. The van der Waals surface area contributed by atoms with Crippen LogP contribution in [0.3, 0.4) is 0 Å². The van der Waals surface area contributed by atoms with Crippen LogP contribution in [0.1, 0.15) is 38.4 Å². The van der Waals surface area contributed by atoms with Crippen molar-refractivity contribution in [3.05, 3.63) is 26.7 Å². The first-order valence-electron chi connectivity index (χ1n) is 8.60. The van der Waals surface area contributed by atoms with Gasteiger partial charge in [-0.1, -0.05) is 13.3 Å². The van der Waals surface area contributed by atoms with E-state index in [9.17, 15) is 14.7 Å². The van der Waals surface area contributed by atoms with Crippen molar-refractivity contribution >= 4 is 11.2 Å². The average molecular weight is 335 g/mol. The highest BCUT2D eigenvalue weighted by Gasteiger charge is 2.30. The first-order valence-corrected chi connectivity index (χ1v) is 8.60. The molecule has 24 heavy (non-hydrogen) atoms. The summed E-state index contributed by atoms with van der Waals surface area (Å²) in [7, 11) is 1.80. The standard InChI is InChI=1S/C16H25N5O3/c1-3-4-7-21-14-13(15(23)18-16(21)24)19(2)12(17-14)10-20(8-9-22)11-5-6-11/h11,22H,3-10H2,1-2H3,(H,18,23,24). The Morgan fingerprint density at radius 1 is 1.38 bits per heavy atom. The van der Waals surface area contributed by atoms with Crippen LogP contribution in [0.15, 0.2) is 9.59 Å². The maximum atomic E-state index is 12.2. The Hall–Kier alpha value is -1.93. The molecule has 0 spiro atoms. The van der Waals surface area contributed by atoms with E-state index in [0.717, 1.165) is 31.5 Å². The lowest BCUT2D eigenvalue weighted by Gasteiger charge is -2.20. The topological polar surface area (TPSA) is 96.2 Å². The Morgan fingerprint density at radius 3 is 2.75 bits per heavy atom. The molecule has 1 aliphatic carbocycles. The van der Waals surface area contributed by atoms with Gasteiger partial charge in [-0.15, -0.1) is 0 Å². The predicted octanol–water partition coefficient (Wildman–Crippen LogP) is 0.180. The van der Waals surface area contributed by atoms with Crippen LogP contribution in [0.4, 0.5) is 0 Å². The summed E-state index contributed by atoms with van der Waals surface area (Å²) >= 11 is 0. The molecule has 1 saturated carbocycles. The Morgan fingerprint density at radius 2 is 2.12 bits per heavy atom. The Balaban J connectivity index is 2.03. The van der Waals surface area contributed by atoms with Gasteiger partial charge in [-0.05, 0) is 19.3 Å². The van der Waals surface area contributed by atoms with Gasteiger partial charge in [-0.25, -0.2) is 9.78 Å². The molecule has 8 heteroatoms. The Bertz CT molecular complexity index is 831. The molecular formula is C16H25N5O3. The Labute approximate surface area is 139 Å². The summed E-state index contributed by atoms with van der Waals surface area (Å²) < 4.78 is 3.32. The van der Waals surface area contributed by atoms with Crippen LogP contribution in [0, 0.1) is 0 Å². The van der Waals surface area contributed by atoms with Crippen molar-refractivity contribution in [1.82, 2.24) is 24.0 Å². The second kappa shape index (κ2) is 6.90. The highest BCUT2D eigenvalue weighted by molar-refractivity contribution is 5.70. The maximum absolute atomic E-state index is 12.2. The van der Waals surface area contributed by atoms with E-state index in [1.165, 1.54) is 0 Å². The zero-order valence-electron chi connectivity index (χ0n) is 14.3. The third-order valence-electron chi connectivity index (χ3n) is 4.64. The molecule has 132 valence electrons. The number of nitrogens with one attached hydrogen (secondary N) is 1. The number of aromatic amines is 1. The number of hydrogen-bond acceptors (Lipinski definition) is 5. The van der Waals surface area contributed by atoms with Crippen molar-refractivity contribution in [3.63, 3.8) is 0 Å². The summed E-state index contributed by atoms with van der Waals surface area (Å²) in [5.74, 6) is 0.742. The number of nitrogens with zero attached hydrogens (tertiary/aromatic N) is 4. The lowest BCUT2D eigenvalue weighted by molar-refractivity contribution is 0.179. The van der Waals surface area contributed by atoms with Gasteiger partial charge < -0.3 is 9.67 Å². The SMILES string of the molecule is CCCCn1c(=O)[nH]c(=O)c2c1nc(CN(CCO)C1CC1)n2C. The minimum absolute atomic E-state index is 0.0994. The van der Waals surface area contributed by atoms with Crippen LogP contribution in [0.25, 0.3) is 11.2 Å². The number of hydrogen-bond donors (Lipinski definition) is 2. The van der Waals surface area contributed by atoms with Gasteiger partial charge in [0.1, 0.15) is 5.82 Å². The van der Waals surface area contributed by atoms with Crippen molar-refractivity contribution in [2.24, 2.45) is 7.05 Å². The van der Waals surface area contributed by atoms with Crippen LogP contribution >= 0.6 is 0 Å². The fourth-order valence-electron chi connectivity index (χ4n) is 3.10. The van der Waals surface area contributed by atoms with Gasteiger partial charge in [0.05, 0.1) is 13.2 Å². The van der Waals surface area contributed by atoms with E-state index in [0.29, 0.717) is 36.8 Å². The smallest absolute Gasteiger partial charge is 0.330 e. The molecular weight excluding hydrogens is 310 g/mol.